The van der Waals surface area contributed by atoms with Crippen molar-refractivity contribution in [3.8, 4) is 0 Å². The molecule has 0 unspecified atom stereocenters. The molecule has 15 heavy (non-hydrogen) atoms. The second kappa shape index (κ2) is 3.84. The van der Waals surface area contributed by atoms with Crippen LogP contribution in [0.1, 0.15) is 19.5 Å². The maximum atomic E-state index is 4.19. The molecular weight excluding hydrogens is 190 g/mol. The number of aromatic amines is 1. The van der Waals surface area contributed by atoms with Gasteiger partial charge in [-0.25, -0.2) is 9.97 Å². The molecule has 0 aromatic carbocycles. The van der Waals surface area contributed by atoms with Crippen LogP contribution in [0.4, 0.5) is 5.82 Å². The molecule has 5 nitrogen and oxygen atoms in total. The summed E-state index contributed by atoms with van der Waals surface area (Å²) in [6, 6.07) is 0. The SMILES string of the molecule is Cc1[nH]nc2c(NCC(C)C)ncnc12. The summed E-state index contributed by atoms with van der Waals surface area (Å²) < 4.78 is 0. The minimum absolute atomic E-state index is 0.579. The van der Waals surface area contributed by atoms with Gasteiger partial charge < -0.3 is 5.32 Å². The summed E-state index contributed by atoms with van der Waals surface area (Å²) >= 11 is 0. The lowest BCUT2D eigenvalue weighted by Gasteiger charge is -2.07. The van der Waals surface area contributed by atoms with Crippen LogP contribution in [0.25, 0.3) is 11.0 Å². The van der Waals surface area contributed by atoms with E-state index < -0.39 is 0 Å². The Kier molecular flexibility index (Phi) is 2.53. The predicted molar refractivity (Wildman–Crippen MR) is 59.7 cm³/mol. The second-order valence-corrected chi connectivity index (χ2v) is 4.04. The van der Waals surface area contributed by atoms with Gasteiger partial charge in [0.15, 0.2) is 11.3 Å². The fourth-order valence-electron chi connectivity index (χ4n) is 1.38. The Bertz CT molecular complexity index is 460. The van der Waals surface area contributed by atoms with Gasteiger partial charge in [-0.05, 0) is 12.8 Å². The summed E-state index contributed by atoms with van der Waals surface area (Å²) in [5.41, 5.74) is 2.67. The van der Waals surface area contributed by atoms with Gasteiger partial charge in [0.2, 0.25) is 0 Å². The summed E-state index contributed by atoms with van der Waals surface area (Å²) in [5.74, 6) is 1.38. The molecule has 0 atom stereocenters. The first-order valence-electron chi connectivity index (χ1n) is 5.08. The molecule has 0 saturated heterocycles. The molecule has 0 aliphatic carbocycles. The first kappa shape index (κ1) is 9.89. The van der Waals surface area contributed by atoms with Crippen molar-refractivity contribution >= 4 is 16.9 Å². The Morgan fingerprint density at radius 2 is 2.13 bits per heavy atom. The molecule has 0 bridgehead atoms. The van der Waals surface area contributed by atoms with Crippen LogP contribution in [0.15, 0.2) is 6.33 Å². The van der Waals surface area contributed by atoms with Crippen LogP contribution < -0.4 is 5.32 Å². The number of nitrogens with zero attached hydrogens (tertiary/aromatic N) is 3. The highest BCUT2D eigenvalue weighted by Crippen LogP contribution is 2.18. The number of anilines is 1. The number of hydrogen-bond donors (Lipinski definition) is 2. The Labute approximate surface area is 88.3 Å². The summed E-state index contributed by atoms with van der Waals surface area (Å²) in [7, 11) is 0. The van der Waals surface area contributed by atoms with Crippen LogP contribution in [0.3, 0.4) is 0 Å². The number of nitrogens with one attached hydrogen (secondary N) is 2. The highest BCUT2D eigenvalue weighted by Gasteiger charge is 2.08. The quantitative estimate of drug-likeness (QED) is 0.800. The molecule has 2 aromatic heterocycles. The minimum atomic E-state index is 0.579. The van der Waals surface area contributed by atoms with Gasteiger partial charge >= 0.3 is 0 Å². The Morgan fingerprint density at radius 3 is 2.87 bits per heavy atom. The van der Waals surface area contributed by atoms with Gasteiger partial charge in [0, 0.05) is 6.54 Å². The van der Waals surface area contributed by atoms with Crippen molar-refractivity contribution in [2.75, 3.05) is 11.9 Å². The molecule has 2 aromatic rings. The lowest BCUT2D eigenvalue weighted by Crippen LogP contribution is -2.09. The Balaban J connectivity index is 2.34. The molecule has 0 radical (unpaired) electrons. The molecule has 2 heterocycles. The molecule has 0 spiro atoms. The van der Waals surface area contributed by atoms with Crippen LogP contribution >= 0.6 is 0 Å². The summed E-state index contributed by atoms with van der Waals surface area (Å²) in [6.45, 7) is 7.15. The van der Waals surface area contributed by atoms with E-state index in [9.17, 15) is 0 Å². The highest BCUT2D eigenvalue weighted by molar-refractivity contribution is 5.86. The molecule has 0 aliphatic heterocycles. The van der Waals surface area contributed by atoms with Crippen molar-refractivity contribution < 1.29 is 0 Å². The first-order chi connectivity index (χ1) is 7.18. The van der Waals surface area contributed by atoms with E-state index in [1.54, 1.807) is 6.33 Å². The third kappa shape index (κ3) is 1.91. The van der Waals surface area contributed by atoms with Gasteiger partial charge in [-0.15, -0.1) is 0 Å². The lowest BCUT2D eigenvalue weighted by atomic mass is 10.2. The third-order valence-electron chi connectivity index (χ3n) is 2.19. The van der Waals surface area contributed by atoms with Crippen LogP contribution in [-0.2, 0) is 0 Å². The Morgan fingerprint density at radius 1 is 1.33 bits per heavy atom. The number of rotatable bonds is 3. The van der Waals surface area contributed by atoms with Gasteiger partial charge in [-0.3, -0.25) is 5.10 Å². The van der Waals surface area contributed by atoms with Gasteiger partial charge in [-0.1, -0.05) is 13.8 Å². The minimum Gasteiger partial charge on any atom is -0.368 e. The van der Waals surface area contributed by atoms with Crippen molar-refractivity contribution in [2.45, 2.75) is 20.8 Å². The number of aryl methyl sites for hydroxylation is 1. The van der Waals surface area contributed by atoms with Crippen molar-refractivity contribution in [2.24, 2.45) is 5.92 Å². The van der Waals surface area contributed by atoms with Crippen molar-refractivity contribution in [3.05, 3.63) is 12.0 Å². The smallest absolute Gasteiger partial charge is 0.157 e. The monoisotopic (exact) mass is 205 g/mol. The van der Waals surface area contributed by atoms with Gasteiger partial charge in [0.1, 0.15) is 11.8 Å². The van der Waals surface area contributed by atoms with E-state index in [0.29, 0.717) is 5.92 Å². The second-order valence-electron chi connectivity index (χ2n) is 4.04. The molecule has 2 N–H and O–H groups in total. The van der Waals surface area contributed by atoms with Crippen LogP contribution in [0.2, 0.25) is 0 Å². The van der Waals surface area contributed by atoms with Gasteiger partial charge in [0.25, 0.3) is 0 Å². The average molecular weight is 205 g/mol. The van der Waals surface area contributed by atoms with Crippen molar-refractivity contribution in [1.82, 2.24) is 20.2 Å². The van der Waals surface area contributed by atoms with E-state index in [4.69, 9.17) is 0 Å². The molecule has 0 amide bonds. The van der Waals surface area contributed by atoms with E-state index in [2.05, 4.69) is 39.3 Å². The zero-order valence-electron chi connectivity index (χ0n) is 9.20. The number of fused-ring (bicyclic) bond motifs is 1. The van der Waals surface area contributed by atoms with Crippen LogP contribution in [0, 0.1) is 12.8 Å². The maximum Gasteiger partial charge on any atom is 0.157 e. The van der Waals surface area contributed by atoms with Crippen molar-refractivity contribution in [3.63, 3.8) is 0 Å². The third-order valence-corrected chi connectivity index (χ3v) is 2.19. The normalized spacial score (nSPS) is 11.2. The fraction of sp³-hybridized carbons (Fsp3) is 0.500. The van der Waals surface area contributed by atoms with E-state index in [1.807, 2.05) is 6.92 Å². The molecule has 0 saturated carbocycles. The van der Waals surface area contributed by atoms with E-state index in [-0.39, 0.29) is 0 Å². The predicted octanol–water partition coefficient (Wildman–Crippen LogP) is 1.73. The summed E-state index contributed by atoms with van der Waals surface area (Å²) in [5, 5.41) is 10.4. The van der Waals surface area contributed by atoms with Gasteiger partial charge in [0.05, 0.1) is 5.69 Å². The molecular formula is C10H15N5. The number of H-pyrrole nitrogens is 1. The molecule has 0 fully saturated rings. The highest BCUT2D eigenvalue weighted by atomic mass is 15.2. The molecule has 5 heteroatoms. The van der Waals surface area contributed by atoms with E-state index >= 15 is 0 Å². The summed E-state index contributed by atoms with van der Waals surface area (Å²) in [6.07, 6.45) is 1.56. The Hall–Kier alpha value is -1.65. The van der Waals surface area contributed by atoms with Crippen molar-refractivity contribution in [1.29, 1.82) is 0 Å². The van der Waals surface area contributed by atoms with E-state index in [1.165, 1.54) is 0 Å². The summed E-state index contributed by atoms with van der Waals surface area (Å²) in [4.78, 5) is 8.37. The van der Waals surface area contributed by atoms with Crippen LogP contribution in [-0.4, -0.2) is 26.7 Å². The first-order valence-corrected chi connectivity index (χ1v) is 5.08. The molecule has 2 rings (SSSR count). The maximum absolute atomic E-state index is 4.19. The number of hydrogen-bond acceptors (Lipinski definition) is 4. The standard InChI is InChI=1S/C10H15N5/c1-6(2)4-11-10-9-8(12-5-13-10)7(3)14-15-9/h5-6H,4H2,1-3H3,(H,14,15)(H,11,12,13). The number of aromatic nitrogens is 4. The van der Waals surface area contributed by atoms with E-state index in [0.717, 1.165) is 29.1 Å². The zero-order valence-corrected chi connectivity index (χ0v) is 9.20. The topological polar surface area (TPSA) is 66.5 Å². The van der Waals surface area contributed by atoms with Gasteiger partial charge in [-0.2, -0.15) is 5.10 Å². The zero-order chi connectivity index (χ0) is 10.8. The fourth-order valence-corrected chi connectivity index (χ4v) is 1.38. The lowest BCUT2D eigenvalue weighted by molar-refractivity contribution is 0.687. The molecule has 0 aliphatic rings. The average Bonchev–Trinajstić information content (AvgIpc) is 2.58. The largest absolute Gasteiger partial charge is 0.368 e. The molecule has 80 valence electrons. The van der Waals surface area contributed by atoms with Crippen LogP contribution in [0.5, 0.6) is 0 Å².